The van der Waals surface area contributed by atoms with Crippen LogP contribution in [-0.2, 0) is 9.08 Å². The van der Waals surface area contributed by atoms with Gasteiger partial charge in [-0.2, -0.15) is 6.32 Å². The van der Waals surface area contributed by atoms with Gasteiger partial charge >= 0.3 is 0 Å². The molecule has 2 aliphatic heterocycles. The quantitative estimate of drug-likeness (QED) is 0.434. The van der Waals surface area contributed by atoms with E-state index >= 15 is 0 Å². The van der Waals surface area contributed by atoms with Crippen molar-refractivity contribution in [2.75, 3.05) is 13.7 Å². The van der Waals surface area contributed by atoms with Crippen LogP contribution in [0.15, 0.2) is 0 Å². The van der Waals surface area contributed by atoms with Crippen LogP contribution in [0, 0.1) is 0 Å². The molecule has 0 aliphatic carbocycles. The summed E-state index contributed by atoms with van der Waals surface area (Å²) in [7, 11) is 0.403. The Kier molecular flexibility index (Phi) is 5.88. The van der Waals surface area contributed by atoms with Gasteiger partial charge in [-0.1, -0.05) is 65.7 Å². The largest absolute Gasteiger partial charge is 0.592 e. The highest BCUT2D eigenvalue weighted by Crippen LogP contribution is 2.55. The van der Waals surface area contributed by atoms with E-state index in [2.05, 4.69) is 33.9 Å². The fraction of sp³-hybridized carbons (Fsp3) is 1.00. The summed E-state index contributed by atoms with van der Waals surface area (Å²) in [6.07, 6.45) is 10.4. The van der Waals surface area contributed by atoms with E-state index in [1.807, 2.05) is 7.11 Å². The van der Waals surface area contributed by atoms with Crippen molar-refractivity contribution >= 4 is 14.7 Å². The van der Waals surface area contributed by atoms with Gasteiger partial charge in [0.25, 0.3) is 0 Å². The van der Waals surface area contributed by atoms with Gasteiger partial charge in [0.05, 0.1) is 0 Å². The van der Waals surface area contributed by atoms with Crippen LogP contribution in [0.1, 0.15) is 65.7 Å². The first-order valence-corrected chi connectivity index (χ1v) is 12.5. The summed E-state index contributed by atoms with van der Waals surface area (Å²) in [6, 6.07) is 0. The Bertz CT molecular complexity index is 343. The fourth-order valence-corrected chi connectivity index (χ4v) is 6.09. The van der Waals surface area contributed by atoms with Crippen LogP contribution in [0.5, 0.6) is 0 Å². The average Bonchev–Trinajstić information content (AvgIpc) is 2.41. The molecular weight excluding hydrogens is 287 g/mol. The summed E-state index contributed by atoms with van der Waals surface area (Å²) >= 11 is 0. The smallest absolute Gasteiger partial charge is 0.191 e. The van der Waals surface area contributed by atoms with Gasteiger partial charge in [-0.25, -0.2) is 0 Å². The van der Waals surface area contributed by atoms with Crippen LogP contribution in [0.25, 0.3) is 0 Å². The summed E-state index contributed by atoms with van der Waals surface area (Å²) in [4.78, 5) is 0. The third kappa shape index (κ3) is 3.65. The molecule has 0 amide bonds. The Morgan fingerprint density at radius 1 is 1.00 bits per heavy atom. The Labute approximate surface area is 139 Å². The second-order valence-electron chi connectivity index (χ2n) is 9.47. The molecule has 0 radical (unpaired) electrons. The summed E-state index contributed by atoms with van der Waals surface area (Å²) < 4.78 is 12.7. The van der Waals surface area contributed by atoms with E-state index in [4.69, 9.17) is 9.08 Å². The summed E-state index contributed by atoms with van der Waals surface area (Å²) in [5, 5.41) is 0.318. The lowest BCUT2D eigenvalue weighted by Crippen LogP contribution is -2.51. The summed E-state index contributed by atoms with van der Waals surface area (Å²) in [5.41, 5.74) is 0. The molecule has 0 N–H and O–H groups in total. The molecule has 2 aliphatic rings. The average molecular weight is 325 g/mol. The van der Waals surface area contributed by atoms with E-state index in [1.54, 1.807) is 0 Å². The van der Waals surface area contributed by atoms with Gasteiger partial charge in [-0.15, -0.1) is 11.6 Å². The lowest BCUT2D eigenvalue weighted by Gasteiger charge is -2.58. The van der Waals surface area contributed by atoms with Crippen molar-refractivity contribution in [3.05, 3.63) is 0 Å². The van der Waals surface area contributed by atoms with Crippen molar-refractivity contribution in [2.45, 2.75) is 102 Å². The van der Waals surface area contributed by atoms with E-state index in [0.717, 1.165) is 18.2 Å². The lowest BCUT2D eigenvalue weighted by atomic mass is 9.18. The minimum Gasteiger partial charge on any atom is -0.592 e. The third-order valence-electron chi connectivity index (χ3n) is 7.40. The molecular formula is C18H38BO2Si-. The molecule has 2 nitrogen and oxygen atoms in total. The minimum absolute atomic E-state index is 0.318. The molecule has 0 aromatic carbocycles. The highest BCUT2D eigenvalue weighted by Gasteiger charge is 2.44. The van der Waals surface area contributed by atoms with Crippen molar-refractivity contribution in [1.82, 2.24) is 0 Å². The molecule has 0 aromatic heterocycles. The Hall–Kier alpha value is 0.202. The highest BCUT2D eigenvalue weighted by molar-refractivity contribution is 6.77. The number of hydrogen-bond acceptors (Lipinski definition) is 2. The maximum Gasteiger partial charge on any atom is 0.191 e. The second kappa shape index (κ2) is 6.98. The molecule has 22 heavy (non-hydrogen) atoms. The van der Waals surface area contributed by atoms with Crippen molar-refractivity contribution < 1.29 is 9.08 Å². The van der Waals surface area contributed by atoms with Gasteiger partial charge in [-0.3, -0.25) is 0 Å². The predicted octanol–water partition coefficient (Wildman–Crippen LogP) is 6.10. The van der Waals surface area contributed by atoms with Crippen molar-refractivity contribution in [2.24, 2.45) is 0 Å². The van der Waals surface area contributed by atoms with Gasteiger partial charge in [-0.05, 0) is 25.2 Å². The first-order valence-electron chi connectivity index (χ1n) is 9.59. The molecule has 2 fully saturated rings. The maximum absolute atomic E-state index is 6.39. The molecule has 0 atom stereocenters. The monoisotopic (exact) mass is 325 g/mol. The van der Waals surface area contributed by atoms with Gasteiger partial charge in [0.1, 0.15) is 6.35 Å². The molecule has 0 saturated carbocycles. The number of rotatable bonds is 6. The van der Waals surface area contributed by atoms with E-state index in [-0.39, 0.29) is 0 Å². The summed E-state index contributed by atoms with van der Waals surface area (Å²) in [5.74, 6) is 1.73. The Balaban J connectivity index is 1.89. The third-order valence-corrected chi connectivity index (χ3v) is 11.9. The van der Waals surface area contributed by atoms with E-state index in [9.17, 15) is 0 Å². The van der Waals surface area contributed by atoms with Crippen LogP contribution in [0.4, 0.5) is 0 Å². The van der Waals surface area contributed by atoms with Crippen LogP contribution in [-0.4, -0.2) is 28.4 Å². The van der Waals surface area contributed by atoms with Crippen LogP contribution >= 0.6 is 0 Å². The molecule has 4 heteroatoms. The van der Waals surface area contributed by atoms with Gasteiger partial charge in [0.15, 0.2) is 8.32 Å². The zero-order valence-electron chi connectivity index (χ0n) is 15.9. The molecule has 0 unspecified atom stereocenters. The zero-order valence-corrected chi connectivity index (χ0v) is 16.9. The van der Waals surface area contributed by atoms with Gasteiger partial charge in [0, 0.05) is 6.61 Å². The molecule has 0 spiro atoms. The van der Waals surface area contributed by atoms with Gasteiger partial charge < -0.3 is 9.08 Å². The zero-order chi connectivity index (χ0) is 16.4. The number of hydrogen-bond donors (Lipinski definition) is 0. The molecule has 2 heterocycles. The van der Waals surface area contributed by atoms with E-state index in [1.165, 1.54) is 51.3 Å². The molecule has 2 saturated heterocycles. The molecule has 2 bridgehead atoms. The maximum atomic E-state index is 6.39. The second-order valence-corrected chi connectivity index (χ2v) is 14.3. The normalized spacial score (nSPS) is 33.0. The predicted molar refractivity (Wildman–Crippen MR) is 101 cm³/mol. The van der Waals surface area contributed by atoms with Crippen molar-refractivity contribution in [3.8, 4) is 0 Å². The lowest BCUT2D eigenvalue weighted by molar-refractivity contribution is 0.268. The standard InChI is InChI=1S/C18H38BO2Si/c1-18(2,3)22(5,6)21-15-9-14-19(20-4)16-10-7-11-17(19)13-8-12-16/h16-17H,7-15H2,1-6H3/q-1. The van der Waals surface area contributed by atoms with Crippen LogP contribution in [0.2, 0.25) is 36.1 Å². The first kappa shape index (κ1) is 18.5. The Morgan fingerprint density at radius 2 is 1.50 bits per heavy atom. The fourth-order valence-electron chi connectivity index (χ4n) is 5.01. The first-order chi connectivity index (χ1) is 10.2. The SMILES string of the molecule is CO[B-]1(CCCO[Si](C)(C)C(C)(C)C)C2CCCC1CCC2. The van der Waals surface area contributed by atoms with Crippen LogP contribution in [0.3, 0.4) is 0 Å². The molecule has 2 rings (SSSR count). The number of fused-ring (bicyclic) bond motifs is 2. The molecule has 130 valence electrons. The van der Waals surface area contributed by atoms with E-state index < -0.39 is 14.7 Å². The van der Waals surface area contributed by atoms with E-state index in [0.29, 0.717) is 5.04 Å². The van der Waals surface area contributed by atoms with Crippen molar-refractivity contribution in [1.29, 1.82) is 0 Å². The molecule has 0 aromatic rings. The van der Waals surface area contributed by atoms with Crippen molar-refractivity contribution in [3.63, 3.8) is 0 Å². The minimum atomic E-state index is -1.59. The Morgan fingerprint density at radius 3 is 1.91 bits per heavy atom. The summed E-state index contributed by atoms with van der Waals surface area (Å²) in [6.45, 7) is 12.6. The topological polar surface area (TPSA) is 18.5 Å². The van der Waals surface area contributed by atoms with Gasteiger partial charge in [0.2, 0.25) is 0 Å². The highest BCUT2D eigenvalue weighted by atomic mass is 28.4. The van der Waals surface area contributed by atoms with Crippen LogP contribution < -0.4 is 0 Å².